The first-order chi connectivity index (χ1) is 8.33. The van der Waals surface area contributed by atoms with E-state index in [0.29, 0.717) is 6.42 Å². The van der Waals surface area contributed by atoms with Crippen molar-refractivity contribution in [2.24, 2.45) is 5.92 Å². The second-order valence-corrected chi connectivity index (χ2v) is 5.78. The van der Waals surface area contributed by atoms with Crippen LogP contribution in [0.1, 0.15) is 32.8 Å². The predicted octanol–water partition coefficient (Wildman–Crippen LogP) is 2.30. The van der Waals surface area contributed by atoms with Gasteiger partial charge in [0.25, 0.3) is 0 Å². The molecule has 1 heterocycles. The first kappa shape index (κ1) is 14.7. The molecule has 1 aromatic rings. The number of carboxylic acid groups (broad SMARTS) is 1. The normalized spacial score (nSPS) is 14.2. The van der Waals surface area contributed by atoms with Gasteiger partial charge in [0.15, 0.2) is 0 Å². The Kier molecular flexibility index (Phi) is 4.90. The quantitative estimate of drug-likeness (QED) is 0.832. The molecule has 0 aliphatic carbocycles. The van der Waals surface area contributed by atoms with Crippen LogP contribution in [0.2, 0.25) is 0 Å². The molecule has 0 fully saturated rings. The number of amides is 1. The Balaban J connectivity index is 2.66. The van der Waals surface area contributed by atoms with Crippen LogP contribution in [0.4, 0.5) is 0 Å². The summed E-state index contributed by atoms with van der Waals surface area (Å²) < 4.78 is 0. The molecule has 0 aliphatic heterocycles. The van der Waals surface area contributed by atoms with Gasteiger partial charge in [-0.2, -0.15) is 11.3 Å². The van der Waals surface area contributed by atoms with Crippen LogP contribution in [0.25, 0.3) is 0 Å². The third-order valence-corrected chi connectivity index (χ3v) is 3.89. The fraction of sp³-hybridized carbons (Fsp3) is 0.538. The summed E-state index contributed by atoms with van der Waals surface area (Å²) in [5, 5.41) is 15.6. The van der Waals surface area contributed by atoms with Crippen molar-refractivity contribution in [2.75, 3.05) is 0 Å². The van der Waals surface area contributed by atoms with Crippen molar-refractivity contribution in [3.05, 3.63) is 22.4 Å². The van der Waals surface area contributed by atoms with E-state index < -0.39 is 11.5 Å². The topological polar surface area (TPSA) is 66.4 Å². The summed E-state index contributed by atoms with van der Waals surface area (Å²) in [7, 11) is 0. The molecule has 1 atom stereocenters. The molecule has 1 unspecified atom stereocenters. The number of aliphatic carboxylic acids is 1. The van der Waals surface area contributed by atoms with E-state index in [1.807, 2.05) is 30.7 Å². The lowest BCUT2D eigenvalue weighted by Crippen LogP contribution is -2.51. The summed E-state index contributed by atoms with van der Waals surface area (Å²) in [6.07, 6.45) is 0.228. The van der Waals surface area contributed by atoms with Crippen LogP contribution in [0, 0.1) is 5.92 Å². The van der Waals surface area contributed by atoms with Crippen LogP contribution >= 0.6 is 11.3 Å². The lowest BCUT2D eigenvalue weighted by Gasteiger charge is -2.33. The van der Waals surface area contributed by atoms with E-state index in [4.69, 9.17) is 5.11 Å². The van der Waals surface area contributed by atoms with Crippen LogP contribution < -0.4 is 5.32 Å². The average Bonchev–Trinajstić information content (AvgIpc) is 2.68. The van der Waals surface area contributed by atoms with Crippen molar-refractivity contribution in [2.45, 2.75) is 39.2 Å². The molecule has 0 bridgehead atoms. The lowest BCUT2D eigenvalue weighted by atomic mass is 9.85. The van der Waals surface area contributed by atoms with Gasteiger partial charge in [0, 0.05) is 5.54 Å². The monoisotopic (exact) mass is 269 g/mol. The molecule has 18 heavy (non-hydrogen) atoms. The highest BCUT2D eigenvalue weighted by atomic mass is 32.1. The van der Waals surface area contributed by atoms with Gasteiger partial charge in [-0.1, -0.05) is 13.8 Å². The Hall–Kier alpha value is -1.36. The third-order valence-electron chi connectivity index (χ3n) is 3.16. The molecular formula is C13H19NO3S. The second-order valence-electron chi connectivity index (χ2n) is 5.00. The van der Waals surface area contributed by atoms with Gasteiger partial charge in [-0.3, -0.25) is 9.59 Å². The molecule has 0 aromatic carbocycles. The average molecular weight is 269 g/mol. The number of nitrogens with one attached hydrogen (secondary N) is 1. The van der Waals surface area contributed by atoms with Gasteiger partial charge in [-0.15, -0.1) is 0 Å². The van der Waals surface area contributed by atoms with Gasteiger partial charge in [0.05, 0.1) is 12.8 Å². The summed E-state index contributed by atoms with van der Waals surface area (Å²) in [6.45, 7) is 5.60. The van der Waals surface area contributed by atoms with E-state index in [2.05, 4.69) is 5.32 Å². The molecule has 2 N–H and O–H groups in total. The van der Waals surface area contributed by atoms with Crippen molar-refractivity contribution in [3.8, 4) is 0 Å². The summed E-state index contributed by atoms with van der Waals surface area (Å²) in [6, 6.07) is 1.90. The molecule has 0 saturated heterocycles. The maximum Gasteiger partial charge on any atom is 0.305 e. The predicted molar refractivity (Wildman–Crippen MR) is 71.7 cm³/mol. The number of carbonyl (C=O) groups is 2. The highest BCUT2D eigenvalue weighted by Gasteiger charge is 2.32. The minimum atomic E-state index is -0.901. The number of rotatable bonds is 6. The molecule has 1 aromatic heterocycles. The maximum atomic E-state index is 11.9. The van der Waals surface area contributed by atoms with Crippen LogP contribution in [0.15, 0.2) is 16.8 Å². The molecule has 1 rings (SSSR count). The molecule has 4 nitrogen and oxygen atoms in total. The van der Waals surface area contributed by atoms with Crippen molar-refractivity contribution in [1.29, 1.82) is 0 Å². The number of hydrogen-bond acceptors (Lipinski definition) is 3. The molecule has 0 radical (unpaired) electrons. The third kappa shape index (κ3) is 4.14. The van der Waals surface area contributed by atoms with Crippen LogP contribution in [-0.4, -0.2) is 22.5 Å². The van der Waals surface area contributed by atoms with Gasteiger partial charge < -0.3 is 10.4 Å². The Labute approximate surface area is 111 Å². The molecular weight excluding hydrogens is 250 g/mol. The van der Waals surface area contributed by atoms with E-state index >= 15 is 0 Å². The molecule has 0 spiro atoms. The minimum absolute atomic E-state index is 0.0556. The van der Waals surface area contributed by atoms with Crippen molar-refractivity contribution < 1.29 is 14.7 Å². The second kappa shape index (κ2) is 6.00. The van der Waals surface area contributed by atoms with Crippen molar-refractivity contribution in [1.82, 2.24) is 5.32 Å². The van der Waals surface area contributed by atoms with Crippen LogP contribution in [0.5, 0.6) is 0 Å². The summed E-state index contributed by atoms with van der Waals surface area (Å²) in [4.78, 5) is 22.8. The smallest absolute Gasteiger partial charge is 0.305 e. The van der Waals surface area contributed by atoms with Gasteiger partial charge >= 0.3 is 5.97 Å². The van der Waals surface area contributed by atoms with Crippen molar-refractivity contribution in [3.63, 3.8) is 0 Å². The molecule has 5 heteroatoms. The SMILES string of the molecule is CC(C)C(C)(CC(=O)O)NC(=O)Cc1ccsc1. The molecule has 100 valence electrons. The lowest BCUT2D eigenvalue weighted by molar-refractivity contribution is -0.139. The minimum Gasteiger partial charge on any atom is -0.481 e. The van der Waals surface area contributed by atoms with Gasteiger partial charge in [-0.05, 0) is 35.2 Å². The highest BCUT2D eigenvalue weighted by molar-refractivity contribution is 7.07. The summed E-state index contributed by atoms with van der Waals surface area (Å²) in [5.41, 5.74) is 0.248. The largest absolute Gasteiger partial charge is 0.481 e. The molecule has 0 saturated carbocycles. The number of thiophene rings is 1. The van der Waals surface area contributed by atoms with Gasteiger partial charge in [0.2, 0.25) is 5.91 Å². The van der Waals surface area contributed by atoms with E-state index in [1.54, 1.807) is 18.3 Å². The summed E-state index contributed by atoms with van der Waals surface area (Å²) >= 11 is 1.54. The Morgan fingerprint density at radius 2 is 2.17 bits per heavy atom. The number of carbonyl (C=O) groups excluding carboxylic acids is 1. The van der Waals surface area contributed by atoms with Crippen molar-refractivity contribution >= 4 is 23.2 Å². The van der Waals surface area contributed by atoms with Gasteiger partial charge in [0.1, 0.15) is 0 Å². The zero-order valence-electron chi connectivity index (χ0n) is 10.9. The standard InChI is InChI=1S/C13H19NO3S/c1-9(2)13(3,7-12(16)17)14-11(15)6-10-4-5-18-8-10/h4-5,8-9H,6-7H2,1-3H3,(H,14,15)(H,16,17). The first-order valence-electron chi connectivity index (χ1n) is 5.87. The zero-order valence-corrected chi connectivity index (χ0v) is 11.7. The maximum absolute atomic E-state index is 11.9. The summed E-state index contributed by atoms with van der Waals surface area (Å²) in [5.74, 6) is -0.979. The van der Waals surface area contributed by atoms with E-state index in [-0.39, 0.29) is 18.2 Å². The van der Waals surface area contributed by atoms with E-state index in [1.165, 1.54) is 0 Å². The molecule has 0 aliphatic rings. The molecule has 1 amide bonds. The Bertz CT molecular complexity index is 414. The fourth-order valence-electron chi connectivity index (χ4n) is 1.65. The van der Waals surface area contributed by atoms with Crippen LogP contribution in [-0.2, 0) is 16.0 Å². The Morgan fingerprint density at radius 1 is 1.50 bits per heavy atom. The van der Waals surface area contributed by atoms with Crippen LogP contribution in [0.3, 0.4) is 0 Å². The zero-order chi connectivity index (χ0) is 13.8. The first-order valence-corrected chi connectivity index (χ1v) is 6.81. The highest BCUT2D eigenvalue weighted by Crippen LogP contribution is 2.21. The Morgan fingerprint density at radius 3 is 2.61 bits per heavy atom. The van der Waals surface area contributed by atoms with Gasteiger partial charge in [-0.25, -0.2) is 0 Å². The fourth-order valence-corrected chi connectivity index (χ4v) is 2.32. The van der Waals surface area contributed by atoms with E-state index in [9.17, 15) is 9.59 Å². The number of hydrogen-bond donors (Lipinski definition) is 2. The number of carboxylic acids is 1. The van der Waals surface area contributed by atoms with E-state index in [0.717, 1.165) is 5.56 Å².